The highest BCUT2D eigenvalue weighted by Gasteiger charge is 2.30. The summed E-state index contributed by atoms with van der Waals surface area (Å²) in [6.07, 6.45) is 5.51. The molecule has 4 heterocycles. The number of imide groups is 1. The van der Waals surface area contributed by atoms with E-state index in [4.69, 9.17) is 5.73 Å². The number of likely N-dealkylation sites (tertiary alicyclic amines) is 1. The van der Waals surface area contributed by atoms with Crippen molar-refractivity contribution >= 4 is 29.0 Å². The fourth-order valence-corrected chi connectivity index (χ4v) is 7.28. The number of carbonyl (C=O) groups is 2. The monoisotopic (exact) mass is 631 g/mol. The highest BCUT2D eigenvalue weighted by molar-refractivity contribution is 6.01. The second-order valence-corrected chi connectivity index (χ2v) is 12.9. The lowest BCUT2D eigenvalue weighted by molar-refractivity contribution is -0.133. The quantitative estimate of drug-likeness (QED) is 0.204. The number of phenolic OH excluding ortho intramolecular Hbond substituents is 1. The maximum Gasteiger partial charge on any atom is 0.249 e. The van der Waals surface area contributed by atoms with Crippen molar-refractivity contribution in [2.75, 3.05) is 42.1 Å². The average Bonchev–Trinajstić information content (AvgIpc) is 3.11. The molecule has 3 fully saturated rings. The van der Waals surface area contributed by atoms with Crippen LogP contribution < -0.4 is 21.3 Å². The van der Waals surface area contributed by atoms with Crippen LogP contribution in [0.4, 0.5) is 17.2 Å². The number of anilines is 3. The van der Waals surface area contributed by atoms with Crippen LogP contribution in [-0.4, -0.2) is 70.3 Å². The smallest absolute Gasteiger partial charge is 0.249 e. The first-order valence-corrected chi connectivity index (χ1v) is 16.6. The maximum atomic E-state index is 12.1. The number of nitrogens with one attached hydrogen (secondary N) is 2. The van der Waals surface area contributed by atoms with Gasteiger partial charge in [-0.3, -0.25) is 14.9 Å². The van der Waals surface area contributed by atoms with Crippen molar-refractivity contribution < 1.29 is 14.7 Å². The van der Waals surface area contributed by atoms with Gasteiger partial charge in [0.1, 0.15) is 11.8 Å². The van der Waals surface area contributed by atoms with Crippen molar-refractivity contribution in [1.29, 1.82) is 0 Å². The van der Waals surface area contributed by atoms with Crippen molar-refractivity contribution in [2.24, 2.45) is 0 Å². The van der Waals surface area contributed by atoms with E-state index in [-0.39, 0.29) is 23.6 Å². The Bertz CT molecular complexity index is 1730. The molecule has 0 bridgehead atoms. The van der Waals surface area contributed by atoms with Gasteiger partial charge in [0.05, 0.1) is 5.69 Å². The fourth-order valence-electron chi connectivity index (χ4n) is 7.28. The van der Waals surface area contributed by atoms with Gasteiger partial charge >= 0.3 is 0 Å². The molecule has 0 spiro atoms. The molecule has 2 amide bonds. The van der Waals surface area contributed by atoms with E-state index >= 15 is 0 Å². The zero-order valence-corrected chi connectivity index (χ0v) is 26.4. The third kappa shape index (κ3) is 6.78. The molecule has 0 saturated carbocycles. The largest absolute Gasteiger partial charge is 0.507 e. The molecule has 1 aromatic heterocycles. The van der Waals surface area contributed by atoms with Crippen LogP contribution in [0.5, 0.6) is 5.75 Å². The van der Waals surface area contributed by atoms with Gasteiger partial charge in [0, 0.05) is 48.1 Å². The molecule has 242 valence electrons. The van der Waals surface area contributed by atoms with E-state index in [2.05, 4.69) is 79.2 Å². The van der Waals surface area contributed by atoms with Crippen molar-refractivity contribution in [1.82, 2.24) is 20.4 Å². The number of carbonyl (C=O) groups excluding carboxylic acids is 2. The van der Waals surface area contributed by atoms with Crippen molar-refractivity contribution in [3.63, 3.8) is 0 Å². The van der Waals surface area contributed by atoms with Gasteiger partial charge in [0.15, 0.2) is 5.82 Å². The number of rotatable bonds is 7. The maximum absolute atomic E-state index is 12.1. The molecule has 5 N–H and O–H groups in total. The Labute approximate surface area is 275 Å². The molecule has 7 rings (SSSR count). The number of hydrogen-bond donors (Lipinski definition) is 4. The molecular formula is C37H41N7O3. The van der Waals surface area contributed by atoms with Gasteiger partial charge in [-0.15, -0.1) is 10.2 Å². The summed E-state index contributed by atoms with van der Waals surface area (Å²) < 4.78 is 0. The van der Waals surface area contributed by atoms with Crippen LogP contribution in [0.2, 0.25) is 0 Å². The molecule has 3 aliphatic heterocycles. The number of amides is 2. The number of piperidine rings is 3. The van der Waals surface area contributed by atoms with Crippen molar-refractivity contribution in [3.05, 3.63) is 84.4 Å². The van der Waals surface area contributed by atoms with Crippen LogP contribution in [0.3, 0.4) is 0 Å². The van der Waals surface area contributed by atoms with E-state index < -0.39 is 0 Å². The average molecular weight is 632 g/mol. The molecule has 3 aliphatic rings. The normalized spacial score (nSPS) is 19.8. The minimum Gasteiger partial charge on any atom is -0.507 e. The fraction of sp³-hybridized carbons (Fsp3) is 0.351. The summed E-state index contributed by atoms with van der Waals surface area (Å²) in [6.45, 7) is 4.29. The Hall–Kier alpha value is -4.96. The number of aromatic hydroxyl groups is 1. The summed E-state index contributed by atoms with van der Waals surface area (Å²) in [4.78, 5) is 28.7. The highest BCUT2D eigenvalue weighted by atomic mass is 16.3. The third-order valence-electron chi connectivity index (χ3n) is 10.0. The van der Waals surface area contributed by atoms with Gasteiger partial charge < -0.3 is 26.0 Å². The Morgan fingerprint density at radius 3 is 2.23 bits per heavy atom. The van der Waals surface area contributed by atoms with Crippen LogP contribution in [0.15, 0.2) is 78.9 Å². The molecule has 4 aromatic rings. The van der Waals surface area contributed by atoms with E-state index in [1.54, 1.807) is 12.1 Å². The van der Waals surface area contributed by atoms with Gasteiger partial charge in [0.25, 0.3) is 0 Å². The topological polar surface area (TPSA) is 137 Å². The predicted octanol–water partition coefficient (Wildman–Crippen LogP) is 5.16. The summed E-state index contributed by atoms with van der Waals surface area (Å²) in [5.41, 5.74) is 12.7. The molecule has 10 nitrogen and oxygen atoms in total. The first-order valence-electron chi connectivity index (χ1n) is 16.6. The Morgan fingerprint density at radius 2 is 1.53 bits per heavy atom. The van der Waals surface area contributed by atoms with E-state index in [1.807, 2.05) is 18.2 Å². The van der Waals surface area contributed by atoms with E-state index in [9.17, 15) is 14.7 Å². The first-order chi connectivity index (χ1) is 22.9. The highest BCUT2D eigenvalue weighted by Crippen LogP contribution is 2.35. The molecule has 3 aromatic carbocycles. The van der Waals surface area contributed by atoms with Gasteiger partial charge in [-0.05, 0) is 105 Å². The van der Waals surface area contributed by atoms with E-state index in [0.717, 1.165) is 68.7 Å². The predicted molar refractivity (Wildman–Crippen MR) is 184 cm³/mol. The summed E-state index contributed by atoms with van der Waals surface area (Å²) in [5.74, 6) is 0.633. The molecule has 10 heteroatoms. The number of phenols is 1. The van der Waals surface area contributed by atoms with Crippen LogP contribution in [0.1, 0.15) is 50.0 Å². The zero-order valence-electron chi connectivity index (χ0n) is 26.4. The van der Waals surface area contributed by atoms with Crippen molar-refractivity contribution in [2.45, 2.75) is 56.5 Å². The van der Waals surface area contributed by atoms with Crippen LogP contribution in [-0.2, 0) is 9.59 Å². The number of nitrogen functional groups attached to an aromatic ring is 1. The molecular weight excluding hydrogens is 590 g/mol. The zero-order chi connectivity index (χ0) is 32.3. The minimum absolute atomic E-state index is 0.161. The molecule has 3 saturated heterocycles. The Kier molecular flexibility index (Phi) is 8.76. The van der Waals surface area contributed by atoms with Gasteiger partial charge in [-0.2, -0.15) is 0 Å². The number of nitrogens with zero attached hydrogens (tertiary/aromatic N) is 4. The Balaban J connectivity index is 0.900. The second-order valence-electron chi connectivity index (χ2n) is 12.9. The SMILES string of the molecule is Nc1nnc(-c2ccccc2O)cc1-c1ccc(N2CCC(N3CCC(c4ccc(NC5CCC(=O)NC5=O)cc4)CC3)CC2)cc1. The molecule has 0 radical (unpaired) electrons. The summed E-state index contributed by atoms with van der Waals surface area (Å²) in [6, 6.07) is 26.2. The van der Waals surface area contributed by atoms with Gasteiger partial charge in [-0.25, -0.2) is 0 Å². The second kappa shape index (κ2) is 13.4. The molecule has 47 heavy (non-hydrogen) atoms. The number of nitrogens with two attached hydrogens (primary N) is 1. The lowest BCUT2D eigenvalue weighted by atomic mass is 9.88. The lowest BCUT2D eigenvalue weighted by Crippen LogP contribution is -2.47. The van der Waals surface area contributed by atoms with E-state index in [0.29, 0.717) is 41.9 Å². The number of para-hydroxylation sites is 1. The van der Waals surface area contributed by atoms with Crippen molar-refractivity contribution in [3.8, 4) is 28.1 Å². The molecule has 1 atom stereocenters. The van der Waals surface area contributed by atoms with Crippen LogP contribution in [0.25, 0.3) is 22.4 Å². The van der Waals surface area contributed by atoms with Gasteiger partial charge in [0.2, 0.25) is 11.8 Å². The molecule has 0 aliphatic carbocycles. The third-order valence-corrected chi connectivity index (χ3v) is 10.0. The van der Waals surface area contributed by atoms with Crippen LogP contribution in [0, 0.1) is 0 Å². The summed E-state index contributed by atoms with van der Waals surface area (Å²) in [7, 11) is 0. The number of benzene rings is 3. The summed E-state index contributed by atoms with van der Waals surface area (Å²) in [5, 5.41) is 24.3. The summed E-state index contributed by atoms with van der Waals surface area (Å²) >= 11 is 0. The Morgan fingerprint density at radius 1 is 0.809 bits per heavy atom. The van der Waals surface area contributed by atoms with Crippen LogP contribution >= 0.6 is 0 Å². The minimum atomic E-state index is -0.359. The standard InChI is InChI=1S/C37H41N7O3/c38-36-31(23-33(41-42-36)30-3-1-2-4-34(30)45)26-7-11-28(12-8-26)44-21-17-29(18-22-44)43-19-15-25(16-20-43)24-5-9-27(10-6-24)39-32-13-14-35(46)40-37(32)47/h1-12,23,25,29,32,39,45H,13-22H2,(H2,38,42)(H,40,46,47). The molecule has 1 unspecified atom stereocenters. The first kappa shape index (κ1) is 30.7. The lowest BCUT2D eigenvalue weighted by Gasteiger charge is -2.42. The number of aromatic nitrogens is 2. The van der Waals surface area contributed by atoms with E-state index in [1.165, 1.54) is 11.3 Å². The van der Waals surface area contributed by atoms with Gasteiger partial charge in [-0.1, -0.05) is 36.4 Å². The number of hydrogen-bond acceptors (Lipinski definition) is 9.